The molecule has 0 aliphatic carbocycles. The van der Waals surface area contributed by atoms with E-state index < -0.39 is 18.5 Å². The van der Waals surface area contributed by atoms with Crippen LogP contribution in [0.4, 0.5) is 0 Å². The van der Waals surface area contributed by atoms with Gasteiger partial charge in [0.2, 0.25) is 7.37 Å². The quantitative estimate of drug-likeness (QED) is 0.270. The van der Waals surface area contributed by atoms with Gasteiger partial charge in [-0.05, 0) is 43.2 Å². The summed E-state index contributed by atoms with van der Waals surface area (Å²) in [7, 11) is -3.61. The normalized spacial score (nSPS) is 16.4. The van der Waals surface area contributed by atoms with Crippen molar-refractivity contribution in [2.45, 2.75) is 76.0 Å². The molecule has 3 unspecified atom stereocenters. The summed E-state index contributed by atoms with van der Waals surface area (Å²) < 4.78 is 14.0. The van der Waals surface area contributed by atoms with Crippen molar-refractivity contribution >= 4 is 13.3 Å². The second-order valence-corrected chi connectivity index (χ2v) is 11.1. The van der Waals surface area contributed by atoms with Crippen LogP contribution in [-0.4, -0.2) is 21.1 Å². The third-order valence-corrected chi connectivity index (χ3v) is 9.09. The molecule has 4 nitrogen and oxygen atoms in total. The maximum Gasteiger partial charge on any atom is 0.303 e. The predicted octanol–water partition coefficient (Wildman–Crippen LogP) is 6.83. The molecule has 0 amide bonds. The standard InChI is InChI=1S/C25H35O4P/c1-3-4-11-19-25(2,30(28,29)20-21-13-7-5-8-14-21)23(17-12-18-24(26)27)22-15-9-6-10-16-22/h5-10,13-16,23H,3-4,11-12,17-20H2,1-2H3,(H,26,27)(H,28,29). The third-order valence-electron chi connectivity index (χ3n) is 6.16. The van der Waals surface area contributed by atoms with Gasteiger partial charge < -0.3 is 10.00 Å². The highest BCUT2D eigenvalue weighted by Crippen LogP contribution is 2.65. The number of benzene rings is 2. The van der Waals surface area contributed by atoms with Crippen LogP contribution in [0, 0.1) is 0 Å². The molecule has 0 saturated carbocycles. The number of carbonyl (C=O) groups is 1. The lowest BCUT2D eigenvalue weighted by Crippen LogP contribution is -2.34. The fraction of sp³-hybridized carbons (Fsp3) is 0.480. The zero-order valence-corrected chi connectivity index (χ0v) is 19.1. The first kappa shape index (κ1) is 24.4. The molecule has 164 valence electrons. The molecule has 2 aromatic rings. The molecule has 0 saturated heterocycles. The van der Waals surface area contributed by atoms with Gasteiger partial charge in [0.1, 0.15) is 0 Å². The van der Waals surface area contributed by atoms with Crippen molar-refractivity contribution < 1.29 is 19.4 Å². The Morgan fingerprint density at radius 3 is 2.17 bits per heavy atom. The summed E-state index contributed by atoms with van der Waals surface area (Å²) in [6, 6.07) is 19.3. The Labute approximate surface area is 180 Å². The highest BCUT2D eigenvalue weighted by atomic mass is 31.2. The van der Waals surface area contributed by atoms with Gasteiger partial charge in [-0.25, -0.2) is 0 Å². The largest absolute Gasteiger partial charge is 0.481 e. The number of hydrogen-bond donors (Lipinski definition) is 2. The van der Waals surface area contributed by atoms with Crippen molar-refractivity contribution in [1.82, 2.24) is 0 Å². The van der Waals surface area contributed by atoms with Gasteiger partial charge in [-0.1, -0.05) is 86.8 Å². The highest BCUT2D eigenvalue weighted by Gasteiger charge is 2.48. The van der Waals surface area contributed by atoms with E-state index in [4.69, 9.17) is 5.11 Å². The molecule has 0 spiro atoms. The van der Waals surface area contributed by atoms with Crippen molar-refractivity contribution in [2.24, 2.45) is 0 Å². The first-order valence-corrected chi connectivity index (χ1v) is 12.8. The molecule has 0 bridgehead atoms. The molecule has 0 aliphatic heterocycles. The topological polar surface area (TPSA) is 74.6 Å². The van der Waals surface area contributed by atoms with Crippen LogP contribution >= 0.6 is 7.37 Å². The predicted molar refractivity (Wildman–Crippen MR) is 123 cm³/mol. The molecule has 0 heterocycles. The average molecular weight is 431 g/mol. The number of hydrogen-bond acceptors (Lipinski definition) is 2. The van der Waals surface area contributed by atoms with Gasteiger partial charge in [0.05, 0.1) is 11.3 Å². The van der Waals surface area contributed by atoms with Gasteiger partial charge in [0.15, 0.2) is 0 Å². The Balaban J connectivity index is 2.43. The second-order valence-electron chi connectivity index (χ2n) is 8.41. The number of carboxylic acids is 1. The van der Waals surface area contributed by atoms with Crippen molar-refractivity contribution in [1.29, 1.82) is 0 Å². The molecule has 2 N–H and O–H groups in total. The van der Waals surface area contributed by atoms with E-state index in [0.29, 0.717) is 19.3 Å². The van der Waals surface area contributed by atoms with Gasteiger partial charge in [-0.2, -0.15) is 0 Å². The summed E-state index contributed by atoms with van der Waals surface area (Å²) in [5.74, 6) is -1.000. The summed E-state index contributed by atoms with van der Waals surface area (Å²) in [6.07, 6.45) is 4.86. The summed E-state index contributed by atoms with van der Waals surface area (Å²) in [5.41, 5.74) is 1.88. The highest BCUT2D eigenvalue weighted by molar-refractivity contribution is 7.59. The maximum atomic E-state index is 14.0. The third kappa shape index (κ3) is 6.55. The zero-order valence-electron chi connectivity index (χ0n) is 18.2. The van der Waals surface area contributed by atoms with Crippen LogP contribution in [0.1, 0.15) is 75.8 Å². The van der Waals surface area contributed by atoms with Crippen molar-refractivity contribution in [3.63, 3.8) is 0 Å². The van der Waals surface area contributed by atoms with Crippen LogP contribution in [0.3, 0.4) is 0 Å². The minimum absolute atomic E-state index is 0.0722. The molecule has 0 aromatic heterocycles. The van der Waals surface area contributed by atoms with Crippen LogP contribution in [0.15, 0.2) is 60.7 Å². The Bertz CT molecular complexity index is 822. The van der Waals surface area contributed by atoms with Gasteiger partial charge in [0, 0.05) is 6.42 Å². The Morgan fingerprint density at radius 2 is 1.60 bits per heavy atom. The van der Waals surface area contributed by atoms with E-state index in [1.54, 1.807) is 0 Å². The zero-order chi connectivity index (χ0) is 22.0. The lowest BCUT2D eigenvalue weighted by molar-refractivity contribution is -0.137. The average Bonchev–Trinajstić information content (AvgIpc) is 2.72. The molecule has 3 atom stereocenters. The molecule has 0 fully saturated rings. The summed E-state index contributed by atoms with van der Waals surface area (Å²) >= 11 is 0. The van der Waals surface area contributed by atoms with Gasteiger partial charge in [0.25, 0.3) is 0 Å². The molecule has 2 rings (SSSR count). The van der Waals surface area contributed by atoms with Gasteiger partial charge in [-0.15, -0.1) is 0 Å². The fourth-order valence-electron chi connectivity index (χ4n) is 4.32. The van der Waals surface area contributed by atoms with E-state index in [1.807, 2.05) is 67.6 Å². The molecule has 30 heavy (non-hydrogen) atoms. The van der Waals surface area contributed by atoms with Crippen LogP contribution in [-0.2, 0) is 15.5 Å². The molecule has 0 radical (unpaired) electrons. The Kier molecular flexibility index (Phi) is 9.33. The summed E-state index contributed by atoms with van der Waals surface area (Å²) in [4.78, 5) is 22.6. The van der Waals surface area contributed by atoms with Crippen molar-refractivity contribution in [3.8, 4) is 0 Å². The molecule has 0 aliphatic rings. The lowest BCUT2D eigenvalue weighted by atomic mass is 9.80. The summed E-state index contributed by atoms with van der Waals surface area (Å²) in [5, 5.41) is 8.30. The van der Waals surface area contributed by atoms with Gasteiger partial charge >= 0.3 is 5.97 Å². The Hall–Kier alpha value is -1.90. The van der Waals surface area contributed by atoms with E-state index in [1.165, 1.54) is 0 Å². The molecular formula is C25H35O4P. The monoisotopic (exact) mass is 430 g/mol. The Morgan fingerprint density at radius 1 is 1.00 bits per heavy atom. The smallest absolute Gasteiger partial charge is 0.303 e. The maximum absolute atomic E-state index is 14.0. The van der Waals surface area contributed by atoms with Crippen LogP contribution < -0.4 is 0 Å². The SMILES string of the molecule is CCCCCC(C)(C(CCCC(=O)O)c1ccccc1)P(=O)(O)Cc1ccccc1. The second kappa shape index (κ2) is 11.5. The van der Waals surface area contributed by atoms with E-state index in [0.717, 1.165) is 30.4 Å². The molecule has 5 heteroatoms. The van der Waals surface area contributed by atoms with Gasteiger partial charge in [-0.3, -0.25) is 9.36 Å². The number of aliphatic carboxylic acids is 1. The summed E-state index contributed by atoms with van der Waals surface area (Å²) in [6.45, 7) is 4.08. The number of unbranched alkanes of at least 4 members (excludes halogenated alkanes) is 2. The first-order chi connectivity index (χ1) is 14.3. The van der Waals surface area contributed by atoms with E-state index in [2.05, 4.69) is 6.92 Å². The fourth-order valence-corrected chi connectivity index (χ4v) is 6.66. The van der Waals surface area contributed by atoms with Crippen molar-refractivity contribution in [2.75, 3.05) is 0 Å². The minimum atomic E-state index is -3.61. The number of carboxylic acid groups (broad SMARTS) is 1. The molecule has 2 aromatic carbocycles. The van der Waals surface area contributed by atoms with Crippen molar-refractivity contribution in [3.05, 3.63) is 71.8 Å². The van der Waals surface area contributed by atoms with E-state index in [-0.39, 0.29) is 18.5 Å². The lowest BCUT2D eigenvalue weighted by Gasteiger charge is -2.42. The first-order valence-electron chi connectivity index (χ1n) is 10.9. The minimum Gasteiger partial charge on any atom is -0.481 e. The van der Waals surface area contributed by atoms with Crippen LogP contribution in [0.25, 0.3) is 0 Å². The van der Waals surface area contributed by atoms with E-state index >= 15 is 0 Å². The number of rotatable bonds is 13. The van der Waals surface area contributed by atoms with Crippen LogP contribution in [0.5, 0.6) is 0 Å². The van der Waals surface area contributed by atoms with Crippen LogP contribution in [0.2, 0.25) is 0 Å². The van der Waals surface area contributed by atoms with E-state index in [9.17, 15) is 14.3 Å². The molecular weight excluding hydrogens is 395 g/mol.